The van der Waals surface area contributed by atoms with Gasteiger partial charge in [0.1, 0.15) is 0 Å². The van der Waals surface area contributed by atoms with Crippen molar-refractivity contribution in [3.8, 4) is 0 Å². The number of carbonyl (C=O) groups excluding carboxylic acids is 1. The van der Waals surface area contributed by atoms with E-state index in [2.05, 4.69) is 27.7 Å². The van der Waals surface area contributed by atoms with Crippen LogP contribution >= 0.6 is 0 Å². The zero-order chi connectivity index (χ0) is 15.4. The lowest BCUT2D eigenvalue weighted by molar-refractivity contribution is -0.134. The molecule has 1 fully saturated rings. The zero-order valence-corrected chi connectivity index (χ0v) is 14.6. The van der Waals surface area contributed by atoms with Gasteiger partial charge in [0, 0.05) is 19.5 Å². The molecule has 1 saturated carbocycles. The number of nitrogens with zero attached hydrogens (tertiary/aromatic N) is 1. The first-order valence-electron chi connectivity index (χ1n) is 8.41. The predicted octanol–water partition coefficient (Wildman–Crippen LogP) is 5.02. The van der Waals surface area contributed by atoms with Crippen molar-refractivity contribution in [1.29, 1.82) is 0 Å². The van der Waals surface area contributed by atoms with Gasteiger partial charge in [-0.3, -0.25) is 4.79 Å². The van der Waals surface area contributed by atoms with E-state index in [9.17, 15) is 4.79 Å². The van der Waals surface area contributed by atoms with Crippen LogP contribution in [-0.2, 0) is 4.79 Å². The Morgan fingerprint density at radius 1 is 1.10 bits per heavy atom. The highest BCUT2D eigenvalue weighted by molar-refractivity contribution is 5.73. The average Bonchev–Trinajstić information content (AvgIpc) is 2.34. The quantitative estimate of drug-likeness (QED) is 0.696. The summed E-state index contributed by atoms with van der Waals surface area (Å²) in [5, 5.41) is 0. The smallest absolute Gasteiger partial charge is 0.219 e. The molecule has 118 valence electrons. The van der Waals surface area contributed by atoms with E-state index in [1.807, 2.05) is 11.9 Å². The minimum Gasteiger partial charge on any atom is -0.341 e. The third kappa shape index (κ3) is 4.79. The SMILES string of the molecule is CC(=O)N(C)C(C)(C)C1CCCCCCCC(C)(C)C1. The van der Waals surface area contributed by atoms with Crippen molar-refractivity contribution in [3.63, 3.8) is 0 Å². The molecular formula is C18H35NO. The molecule has 0 spiro atoms. The fourth-order valence-electron chi connectivity index (χ4n) is 3.68. The van der Waals surface area contributed by atoms with Gasteiger partial charge in [0.15, 0.2) is 0 Å². The Morgan fingerprint density at radius 3 is 2.25 bits per heavy atom. The topological polar surface area (TPSA) is 20.3 Å². The molecule has 1 aliphatic carbocycles. The van der Waals surface area contributed by atoms with Crippen LogP contribution in [0.3, 0.4) is 0 Å². The molecule has 0 radical (unpaired) electrons. The number of hydrogen-bond donors (Lipinski definition) is 0. The molecular weight excluding hydrogens is 246 g/mol. The van der Waals surface area contributed by atoms with E-state index >= 15 is 0 Å². The molecule has 0 aliphatic heterocycles. The zero-order valence-electron chi connectivity index (χ0n) is 14.6. The number of hydrogen-bond acceptors (Lipinski definition) is 1. The Hall–Kier alpha value is -0.530. The monoisotopic (exact) mass is 281 g/mol. The summed E-state index contributed by atoms with van der Waals surface area (Å²) in [6.07, 6.45) is 10.6. The highest BCUT2D eigenvalue weighted by atomic mass is 16.2. The lowest BCUT2D eigenvalue weighted by Crippen LogP contribution is -2.50. The van der Waals surface area contributed by atoms with Crippen LogP contribution in [0.4, 0.5) is 0 Å². The van der Waals surface area contributed by atoms with Crippen molar-refractivity contribution in [2.24, 2.45) is 11.3 Å². The fraction of sp³-hybridized carbons (Fsp3) is 0.944. The van der Waals surface area contributed by atoms with Crippen molar-refractivity contribution in [2.45, 2.75) is 91.5 Å². The maximum atomic E-state index is 11.8. The van der Waals surface area contributed by atoms with E-state index in [1.54, 1.807) is 6.92 Å². The van der Waals surface area contributed by atoms with Crippen LogP contribution < -0.4 is 0 Å². The summed E-state index contributed by atoms with van der Waals surface area (Å²) in [4.78, 5) is 13.8. The molecule has 2 heteroatoms. The van der Waals surface area contributed by atoms with Gasteiger partial charge in [-0.05, 0) is 44.4 Å². The minimum atomic E-state index is -0.0394. The molecule has 2 nitrogen and oxygen atoms in total. The highest BCUT2D eigenvalue weighted by Gasteiger charge is 2.37. The second kappa shape index (κ2) is 6.95. The van der Waals surface area contributed by atoms with Gasteiger partial charge in [-0.25, -0.2) is 0 Å². The van der Waals surface area contributed by atoms with Crippen LogP contribution in [0.2, 0.25) is 0 Å². The first-order chi connectivity index (χ1) is 9.17. The molecule has 1 amide bonds. The van der Waals surface area contributed by atoms with E-state index in [4.69, 9.17) is 0 Å². The fourth-order valence-corrected chi connectivity index (χ4v) is 3.68. The summed E-state index contributed by atoms with van der Waals surface area (Å²) in [6.45, 7) is 11.0. The van der Waals surface area contributed by atoms with Gasteiger partial charge in [0.05, 0.1) is 0 Å². The molecule has 0 aromatic heterocycles. The van der Waals surface area contributed by atoms with Gasteiger partial charge in [-0.1, -0.05) is 46.0 Å². The maximum Gasteiger partial charge on any atom is 0.219 e. The standard InChI is InChI=1S/C18H35NO/c1-15(20)19(6)18(4,5)16-12-10-8-7-9-11-13-17(2,3)14-16/h16H,7-14H2,1-6H3. The summed E-state index contributed by atoms with van der Waals surface area (Å²) in [5.74, 6) is 0.786. The van der Waals surface area contributed by atoms with Crippen molar-refractivity contribution >= 4 is 5.91 Å². The molecule has 0 heterocycles. The lowest BCUT2D eigenvalue weighted by atomic mass is 9.70. The summed E-state index contributed by atoms with van der Waals surface area (Å²) in [7, 11) is 1.97. The molecule has 1 aliphatic rings. The summed E-state index contributed by atoms with van der Waals surface area (Å²) in [5.41, 5.74) is 0.360. The normalized spacial score (nSPS) is 25.0. The van der Waals surface area contributed by atoms with Gasteiger partial charge >= 0.3 is 0 Å². The summed E-state index contributed by atoms with van der Waals surface area (Å²) < 4.78 is 0. The third-order valence-corrected chi connectivity index (χ3v) is 5.54. The lowest BCUT2D eigenvalue weighted by Gasteiger charge is -2.45. The Labute approximate surface area is 126 Å². The van der Waals surface area contributed by atoms with Crippen molar-refractivity contribution < 1.29 is 4.79 Å². The van der Waals surface area contributed by atoms with Gasteiger partial charge in [0.2, 0.25) is 5.91 Å². The van der Waals surface area contributed by atoms with Crippen LogP contribution in [0, 0.1) is 11.3 Å². The Kier molecular flexibility index (Phi) is 6.09. The molecule has 1 atom stereocenters. The largest absolute Gasteiger partial charge is 0.341 e. The molecule has 0 N–H and O–H groups in total. The molecule has 0 aromatic rings. The van der Waals surface area contributed by atoms with E-state index in [0.29, 0.717) is 11.3 Å². The molecule has 0 saturated heterocycles. The van der Waals surface area contributed by atoms with E-state index in [0.717, 1.165) is 0 Å². The third-order valence-electron chi connectivity index (χ3n) is 5.54. The second-order valence-electron chi connectivity index (χ2n) is 8.10. The molecule has 1 unspecified atom stereocenters. The van der Waals surface area contributed by atoms with Gasteiger partial charge in [0.25, 0.3) is 0 Å². The maximum absolute atomic E-state index is 11.8. The van der Waals surface area contributed by atoms with Crippen LogP contribution in [0.1, 0.15) is 86.0 Å². The number of amides is 1. The number of rotatable bonds is 2. The van der Waals surface area contributed by atoms with Crippen LogP contribution in [0.25, 0.3) is 0 Å². The van der Waals surface area contributed by atoms with Crippen LogP contribution in [0.5, 0.6) is 0 Å². The second-order valence-corrected chi connectivity index (χ2v) is 8.10. The van der Waals surface area contributed by atoms with Crippen LogP contribution in [-0.4, -0.2) is 23.4 Å². The van der Waals surface area contributed by atoms with E-state index < -0.39 is 0 Å². The molecule has 20 heavy (non-hydrogen) atoms. The van der Waals surface area contributed by atoms with Gasteiger partial charge in [-0.15, -0.1) is 0 Å². The average molecular weight is 281 g/mol. The minimum absolute atomic E-state index is 0.0394. The van der Waals surface area contributed by atoms with Crippen molar-refractivity contribution in [3.05, 3.63) is 0 Å². The number of carbonyl (C=O) groups is 1. The molecule has 0 aromatic carbocycles. The van der Waals surface area contributed by atoms with E-state index in [1.165, 1.54) is 51.4 Å². The highest BCUT2D eigenvalue weighted by Crippen LogP contribution is 2.40. The first-order valence-corrected chi connectivity index (χ1v) is 8.41. The van der Waals surface area contributed by atoms with Gasteiger partial charge < -0.3 is 4.90 Å². The molecule has 1 rings (SSSR count). The molecule has 0 bridgehead atoms. The van der Waals surface area contributed by atoms with Gasteiger partial charge in [-0.2, -0.15) is 0 Å². The predicted molar refractivity (Wildman–Crippen MR) is 86.7 cm³/mol. The Bertz CT molecular complexity index is 319. The van der Waals surface area contributed by atoms with E-state index in [-0.39, 0.29) is 11.4 Å². The Morgan fingerprint density at radius 2 is 1.65 bits per heavy atom. The summed E-state index contributed by atoms with van der Waals surface area (Å²) in [6, 6.07) is 0. The Balaban J connectivity index is 2.88. The van der Waals surface area contributed by atoms with Crippen LogP contribution in [0.15, 0.2) is 0 Å². The van der Waals surface area contributed by atoms with Crippen molar-refractivity contribution in [1.82, 2.24) is 4.90 Å². The summed E-state index contributed by atoms with van der Waals surface area (Å²) >= 11 is 0. The van der Waals surface area contributed by atoms with Crippen molar-refractivity contribution in [2.75, 3.05) is 7.05 Å². The first kappa shape index (κ1) is 17.5.